The van der Waals surface area contributed by atoms with Gasteiger partial charge in [0.05, 0.1) is 7.11 Å². The molecule has 2 aromatic rings. The van der Waals surface area contributed by atoms with Crippen LogP contribution in [-0.2, 0) is 0 Å². The lowest BCUT2D eigenvalue weighted by atomic mass is 10.1. The summed E-state index contributed by atoms with van der Waals surface area (Å²) in [5, 5.41) is 9.88. The highest BCUT2D eigenvalue weighted by Gasteiger charge is 2.00. The fourth-order valence-electron chi connectivity index (χ4n) is 1.54. The molecule has 2 nitrogen and oxygen atoms in total. The lowest BCUT2D eigenvalue weighted by Gasteiger charge is -2.02. The molecule has 0 heterocycles. The molecule has 0 saturated heterocycles. The van der Waals surface area contributed by atoms with Crippen LogP contribution in [0.25, 0.3) is 0 Å². The van der Waals surface area contributed by atoms with Gasteiger partial charge in [-0.3, -0.25) is 0 Å². The summed E-state index contributed by atoms with van der Waals surface area (Å²) in [7, 11) is 1.62. The van der Waals surface area contributed by atoms with Crippen molar-refractivity contribution in [2.45, 2.75) is 6.10 Å². The largest absolute Gasteiger partial charge is 0.497 e. The number of hydrogen-bond donors (Lipinski definition) is 1. The molecule has 0 aliphatic carbocycles. The summed E-state index contributed by atoms with van der Waals surface area (Å²) in [4.78, 5) is 0. The Labute approximate surface area is 107 Å². The summed E-state index contributed by atoms with van der Waals surface area (Å²) in [5.74, 6) is 6.55. The van der Waals surface area contributed by atoms with Crippen LogP contribution in [0.3, 0.4) is 0 Å². The lowest BCUT2D eigenvalue weighted by Crippen LogP contribution is -1.92. The van der Waals surface area contributed by atoms with E-state index in [2.05, 4.69) is 11.8 Å². The van der Waals surface area contributed by atoms with E-state index in [1.165, 1.54) is 0 Å². The van der Waals surface area contributed by atoms with Crippen LogP contribution in [0.1, 0.15) is 17.2 Å². The SMILES string of the molecule is COc1ccc(C#C[C@H](O)c2ccccc2)cc1. The van der Waals surface area contributed by atoms with Gasteiger partial charge >= 0.3 is 0 Å². The maximum Gasteiger partial charge on any atom is 0.140 e. The molecule has 0 aliphatic rings. The first-order valence-electron chi connectivity index (χ1n) is 5.68. The highest BCUT2D eigenvalue weighted by Crippen LogP contribution is 2.12. The molecule has 0 amide bonds. The van der Waals surface area contributed by atoms with E-state index in [4.69, 9.17) is 4.74 Å². The molecule has 0 spiro atoms. The van der Waals surface area contributed by atoms with Gasteiger partial charge in [-0.05, 0) is 29.8 Å². The third-order valence-corrected chi connectivity index (χ3v) is 2.56. The fourth-order valence-corrected chi connectivity index (χ4v) is 1.54. The van der Waals surface area contributed by atoms with Crippen molar-refractivity contribution >= 4 is 0 Å². The van der Waals surface area contributed by atoms with Crippen molar-refractivity contribution in [1.29, 1.82) is 0 Å². The van der Waals surface area contributed by atoms with E-state index in [0.717, 1.165) is 16.9 Å². The highest BCUT2D eigenvalue weighted by molar-refractivity contribution is 5.39. The number of methoxy groups -OCH3 is 1. The van der Waals surface area contributed by atoms with E-state index in [1.807, 2.05) is 54.6 Å². The number of aliphatic hydroxyl groups is 1. The Hall–Kier alpha value is -2.24. The zero-order valence-electron chi connectivity index (χ0n) is 10.1. The molecule has 0 fully saturated rings. The second-order valence-electron chi connectivity index (χ2n) is 3.81. The molecule has 0 unspecified atom stereocenters. The van der Waals surface area contributed by atoms with E-state index >= 15 is 0 Å². The zero-order valence-corrected chi connectivity index (χ0v) is 10.1. The van der Waals surface area contributed by atoms with Crippen molar-refractivity contribution in [3.63, 3.8) is 0 Å². The molecule has 0 aromatic heterocycles. The Morgan fingerprint density at radius 1 is 1.00 bits per heavy atom. The monoisotopic (exact) mass is 238 g/mol. The fraction of sp³-hybridized carbons (Fsp3) is 0.125. The van der Waals surface area contributed by atoms with Crippen LogP contribution in [0.2, 0.25) is 0 Å². The maximum absolute atomic E-state index is 9.88. The summed E-state index contributed by atoms with van der Waals surface area (Å²) in [6.45, 7) is 0. The van der Waals surface area contributed by atoms with Crippen molar-refractivity contribution in [2.24, 2.45) is 0 Å². The second-order valence-corrected chi connectivity index (χ2v) is 3.81. The minimum absolute atomic E-state index is 0.756. The Balaban J connectivity index is 2.11. The van der Waals surface area contributed by atoms with Crippen LogP contribution < -0.4 is 4.74 Å². The third kappa shape index (κ3) is 3.13. The smallest absolute Gasteiger partial charge is 0.140 e. The molecular weight excluding hydrogens is 224 g/mol. The van der Waals surface area contributed by atoms with Gasteiger partial charge < -0.3 is 9.84 Å². The standard InChI is InChI=1S/C16H14O2/c1-18-15-10-7-13(8-11-15)9-12-16(17)14-5-3-2-4-6-14/h2-8,10-11,16-17H,1H3/t16-/m0/s1. The maximum atomic E-state index is 9.88. The Bertz CT molecular complexity index is 547. The van der Waals surface area contributed by atoms with Gasteiger partial charge in [0.15, 0.2) is 0 Å². The quantitative estimate of drug-likeness (QED) is 0.815. The zero-order chi connectivity index (χ0) is 12.8. The first-order chi connectivity index (χ1) is 8.79. The van der Waals surface area contributed by atoms with Crippen molar-refractivity contribution in [3.05, 3.63) is 65.7 Å². The van der Waals surface area contributed by atoms with Gasteiger partial charge in [-0.2, -0.15) is 0 Å². The van der Waals surface area contributed by atoms with Crippen molar-refractivity contribution in [1.82, 2.24) is 0 Å². The Kier molecular flexibility index (Phi) is 4.01. The van der Waals surface area contributed by atoms with Crippen LogP contribution in [0.15, 0.2) is 54.6 Å². The normalized spacial score (nSPS) is 11.2. The molecule has 1 atom stereocenters. The number of aliphatic hydroxyl groups excluding tert-OH is 1. The Morgan fingerprint density at radius 2 is 1.67 bits per heavy atom. The second kappa shape index (κ2) is 5.90. The number of rotatable bonds is 2. The van der Waals surface area contributed by atoms with Gasteiger partial charge in [-0.25, -0.2) is 0 Å². The van der Waals surface area contributed by atoms with Crippen LogP contribution in [-0.4, -0.2) is 12.2 Å². The van der Waals surface area contributed by atoms with E-state index in [0.29, 0.717) is 0 Å². The van der Waals surface area contributed by atoms with E-state index < -0.39 is 6.10 Å². The lowest BCUT2D eigenvalue weighted by molar-refractivity contribution is 0.238. The topological polar surface area (TPSA) is 29.5 Å². The van der Waals surface area contributed by atoms with E-state index in [9.17, 15) is 5.11 Å². The van der Waals surface area contributed by atoms with Gasteiger partial charge in [-0.15, -0.1) is 0 Å². The highest BCUT2D eigenvalue weighted by atomic mass is 16.5. The number of benzene rings is 2. The van der Waals surface area contributed by atoms with Gasteiger partial charge in [0, 0.05) is 5.56 Å². The molecule has 90 valence electrons. The van der Waals surface area contributed by atoms with Crippen LogP contribution in [0.4, 0.5) is 0 Å². The molecule has 18 heavy (non-hydrogen) atoms. The Morgan fingerprint density at radius 3 is 2.28 bits per heavy atom. The van der Waals surface area contributed by atoms with Gasteiger partial charge in [0.25, 0.3) is 0 Å². The van der Waals surface area contributed by atoms with Gasteiger partial charge in [0.2, 0.25) is 0 Å². The summed E-state index contributed by atoms with van der Waals surface area (Å²) in [6, 6.07) is 16.8. The molecular formula is C16H14O2. The first-order valence-corrected chi connectivity index (χ1v) is 5.68. The number of ether oxygens (including phenoxy) is 1. The van der Waals surface area contributed by atoms with E-state index in [1.54, 1.807) is 7.11 Å². The number of hydrogen-bond acceptors (Lipinski definition) is 2. The molecule has 2 aromatic carbocycles. The summed E-state index contributed by atoms with van der Waals surface area (Å²) < 4.78 is 5.07. The van der Waals surface area contributed by atoms with E-state index in [-0.39, 0.29) is 0 Å². The average Bonchev–Trinajstić information content (AvgIpc) is 2.46. The van der Waals surface area contributed by atoms with Crippen molar-refractivity contribution < 1.29 is 9.84 Å². The van der Waals surface area contributed by atoms with Crippen LogP contribution >= 0.6 is 0 Å². The molecule has 0 saturated carbocycles. The predicted octanol–water partition coefficient (Wildman–Crippen LogP) is 2.78. The van der Waals surface area contributed by atoms with Gasteiger partial charge in [0.1, 0.15) is 11.9 Å². The van der Waals surface area contributed by atoms with Crippen molar-refractivity contribution in [2.75, 3.05) is 7.11 Å². The predicted molar refractivity (Wildman–Crippen MR) is 71.3 cm³/mol. The minimum Gasteiger partial charge on any atom is -0.497 e. The molecule has 2 heteroatoms. The minimum atomic E-state index is -0.756. The van der Waals surface area contributed by atoms with Gasteiger partial charge in [-0.1, -0.05) is 42.2 Å². The molecule has 1 N–H and O–H groups in total. The summed E-state index contributed by atoms with van der Waals surface area (Å²) >= 11 is 0. The summed E-state index contributed by atoms with van der Waals surface area (Å²) in [6.07, 6.45) is -0.756. The molecule has 0 aliphatic heterocycles. The molecule has 0 bridgehead atoms. The van der Waals surface area contributed by atoms with Crippen LogP contribution in [0, 0.1) is 11.8 Å². The molecule has 2 rings (SSSR count). The average molecular weight is 238 g/mol. The van der Waals surface area contributed by atoms with Crippen molar-refractivity contribution in [3.8, 4) is 17.6 Å². The van der Waals surface area contributed by atoms with Crippen LogP contribution in [0.5, 0.6) is 5.75 Å². The summed E-state index contributed by atoms with van der Waals surface area (Å²) in [5.41, 5.74) is 1.66. The third-order valence-electron chi connectivity index (χ3n) is 2.56. The molecule has 0 radical (unpaired) electrons. The first kappa shape index (κ1) is 12.2.